The summed E-state index contributed by atoms with van der Waals surface area (Å²) in [5, 5.41) is 6.59. The van der Waals surface area contributed by atoms with E-state index >= 15 is 0 Å². The first kappa shape index (κ1) is 18.1. The monoisotopic (exact) mass is 346 g/mol. The lowest BCUT2D eigenvalue weighted by Crippen LogP contribution is -2.29. The summed E-state index contributed by atoms with van der Waals surface area (Å²) < 4.78 is 5.72. The van der Waals surface area contributed by atoms with Gasteiger partial charge < -0.3 is 15.4 Å². The summed E-state index contributed by atoms with van der Waals surface area (Å²) in [6.45, 7) is 4.75. The summed E-state index contributed by atoms with van der Waals surface area (Å²) in [7, 11) is 0. The summed E-state index contributed by atoms with van der Waals surface area (Å²) in [4.78, 5) is 11.9. The molecule has 0 heterocycles. The Morgan fingerprint density at radius 2 is 1.88 bits per heavy atom. The maximum absolute atomic E-state index is 11.9. The first-order valence-electron chi connectivity index (χ1n) is 8.09. The van der Waals surface area contributed by atoms with Crippen molar-refractivity contribution in [3.05, 3.63) is 59.1 Å². The molecule has 0 saturated heterocycles. The van der Waals surface area contributed by atoms with Gasteiger partial charge in [-0.2, -0.15) is 0 Å². The molecule has 0 aliphatic rings. The first-order chi connectivity index (χ1) is 11.6. The van der Waals surface area contributed by atoms with E-state index in [1.807, 2.05) is 55.5 Å². The zero-order chi connectivity index (χ0) is 17.4. The van der Waals surface area contributed by atoms with Crippen molar-refractivity contribution in [1.29, 1.82) is 0 Å². The van der Waals surface area contributed by atoms with E-state index in [4.69, 9.17) is 16.3 Å². The highest BCUT2D eigenvalue weighted by molar-refractivity contribution is 6.31. The largest absolute Gasteiger partial charge is 0.491 e. The van der Waals surface area contributed by atoms with Crippen LogP contribution in [0.15, 0.2) is 48.5 Å². The molecule has 24 heavy (non-hydrogen) atoms. The van der Waals surface area contributed by atoms with E-state index < -0.39 is 0 Å². The van der Waals surface area contributed by atoms with Crippen molar-refractivity contribution < 1.29 is 9.53 Å². The Morgan fingerprint density at radius 3 is 2.54 bits per heavy atom. The number of nitrogens with one attached hydrogen (secondary N) is 2. The number of rotatable bonds is 8. The Bertz CT molecular complexity index is 659. The van der Waals surface area contributed by atoms with E-state index in [0.717, 1.165) is 23.4 Å². The minimum Gasteiger partial charge on any atom is -0.491 e. The number of ether oxygens (including phenoxy) is 1. The fourth-order valence-corrected chi connectivity index (χ4v) is 2.25. The van der Waals surface area contributed by atoms with Crippen LogP contribution in [-0.2, 0) is 11.3 Å². The number of amides is 1. The van der Waals surface area contributed by atoms with Crippen LogP contribution in [0.1, 0.15) is 25.8 Å². The van der Waals surface area contributed by atoms with Gasteiger partial charge in [0.25, 0.3) is 0 Å². The first-order valence-corrected chi connectivity index (χ1v) is 8.47. The molecule has 0 aliphatic carbocycles. The van der Waals surface area contributed by atoms with E-state index in [-0.39, 0.29) is 18.6 Å². The van der Waals surface area contributed by atoms with Crippen LogP contribution in [0.25, 0.3) is 0 Å². The van der Waals surface area contributed by atoms with Crippen molar-refractivity contribution >= 4 is 23.2 Å². The summed E-state index contributed by atoms with van der Waals surface area (Å²) in [5.74, 6) is 0.743. The Hall–Kier alpha value is -2.20. The second-order valence-electron chi connectivity index (χ2n) is 5.58. The maximum Gasteiger partial charge on any atom is 0.239 e. The standard InChI is InChI=1S/C19H23ClN2O2/c1-3-14(2)24-17-10-8-16(9-11-17)21-13-19(23)22-12-15-6-4-5-7-18(15)20/h4-11,14,21H,3,12-13H2,1-2H3,(H,22,23). The number of carbonyl (C=O) groups excluding carboxylic acids is 1. The van der Waals surface area contributed by atoms with Crippen LogP contribution in [0.3, 0.4) is 0 Å². The molecule has 2 N–H and O–H groups in total. The number of carbonyl (C=O) groups is 1. The van der Waals surface area contributed by atoms with E-state index in [1.165, 1.54) is 0 Å². The summed E-state index contributed by atoms with van der Waals surface area (Å²) in [6, 6.07) is 15.1. The van der Waals surface area contributed by atoms with Crippen LogP contribution < -0.4 is 15.4 Å². The Morgan fingerprint density at radius 1 is 1.17 bits per heavy atom. The zero-order valence-electron chi connectivity index (χ0n) is 14.0. The van der Waals surface area contributed by atoms with Gasteiger partial charge in [0, 0.05) is 17.3 Å². The number of hydrogen-bond acceptors (Lipinski definition) is 3. The third kappa shape index (κ3) is 5.78. The fraction of sp³-hybridized carbons (Fsp3) is 0.316. The highest BCUT2D eigenvalue weighted by atomic mass is 35.5. The molecule has 0 spiro atoms. The minimum absolute atomic E-state index is 0.0881. The second-order valence-corrected chi connectivity index (χ2v) is 5.99. The van der Waals surface area contributed by atoms with Crippen molar-refractivity contribution in [3.8, 4) is 5.75 Å². The topological polar surface area (TPSA) is 50.4 Å². The molecular formula is C19H23ClN2O2. The van der Waals surface area contributed by atoms with Gasteiger partial charge >= 0.3 is 0 Å². The Labute approximate surface area is 148 Å². The van der Waals surface area contributed by atoms with Gasteiger partial charge in [0.2, 0.25) is 5.91 Å². The van der Waals surface area contributed by atoms with Crippen LogP contribution in [0.4, 0.5) is 5.69 Å². The quantitative estimate of drug-likeness (QED) is 0.751. The van der Waals surface area contributed by atoms with Crippen LogP contribution in [0.5, 0.6) is 5.75 Å². The van der Waals surface area contributed by atoms with Crippen molar-refractivity contribution in [2.45, 2.75) is 32.9 Å². The molecule has 2 rings (SSSR count). The van der Waals surface area contributed by atoms with Gasteiger partial charge in [0.1, 0.15) is 5.75 Å². The lowest BCUT2D eigenvalue weighted by atomic mass is 10.2. The SMILES string of the molecule is CCC(C)Oc1ccc(NCC(=O)NCc2ccccc2Cl)cc1. The van der Waals surface area contributed by atoms with E-state index in [1.54, 1.807) is 0 Å². The van der Waals surface area contributed by atoms with Gasteiger partial charge in [-0.05, 0) is 49.2 Å². The van der Waals surface area contributed by atoms with Crippen LogP contribution in [0.2, 0.25) is 5.02 Å². The van der Waals surface area contributed by atoms with Crippen LogP contribution >= 0.6 is 11.6 Å². The number of anilines is 1. The minimum atomic E-state index is -0.0881. The van der Waals surface area contributed by atoms with Gasteiger partial charge in [-0.3, -0.25) is 4.79 Å². The van der Waals surface area contributed by atoms with Crippen molar-refractivity contribution in [1.82, 2.24) is 5.32 Å². The molecule has 0 fully saturated rings. The number of halogens is 1. The van der Waals surface area contributed by atoms with Gasteiger partial charge in [-0.15, -0.1) is 0 Å². The van der Waals surface area contributed by atoms with Gasteiger partial charge in [-0.1, -0.05) is 36.7 Å². The lowest BCUT2D eigenvalue weighted by molar-refractivity contribution is -0.119. The van der Waals surface area contributed by atoms with Crippen molar-refractivity contribution in [2.24, 2.45) is 0 Å². The fourth-order valence-electron chi connectivity index (χ4n) is 2.05. The third-order valence-electron chi connectivity index (χ3n) is 3.65. The van der Waals surface area contributed by atoms with Crippen molar-refractivity contribution in [2.75, 3.05) is 11.9 Å². The normalized spacial score (nSPS) is 11.6. The van der Waals surface area contributed by atoms with Crippen LogP contribution in [0, 0.1) is 0 Å². The Balaban J connectivity index is 1.76. The molecule has 2 aromatic rings. The van der Waals surface area contributed by atoms with E-state index in [2.05, 4.69) is 17.6 Å². The van der Waals surface area contributed by atoms with Gasteiger partial charge in [-0.25, -0.2) is 0 Å². The average molecular weight is 347 g/mol. The predicted molar refractivity (Wildman–Crippen MR) is 98.6 cm³/mol. The molecule has 0 aromatic heterocycles. The van der Waals surface area contributed by atoms with E-state index in [0.29, 0.717) is 11.6 Å². The number of benzene rings is 2. The molecular weight excluding hydrogens is 324 g/mol. The highest BCUT2D eigenvalue weighted by Gasteiger charge is 2.04. The number of hydrogen-bond donors (Lipinski definition) is 2. The predicted octanol–water partition coefficient (Wildman–Crippen LogP) is 4.25. The zero-order valence-corrected chi connectivity index (χ0v) is 14.8. The second kappa shape index (κ2) is 9.18. The molecule has 5 heteroatoms. The summed E-state index contributed by atoms with van der Waals surface area (Å²) in [5.41, 5.74) is 1.78. The third-order valence-corrected chi connectivity index (χ3v) is 4.02. The van der Waals surface area contributed by atoms with Crippen LogP contribution in [-0.4, -0.2) is 18.6 Å². The summed E-state index contributed by atoms with van der Waals surface area (Å²) >= 11 is 6.06. The smallest absolute Gasteiger partial charge is 0.239 e. The van der Waals surface area contributed by atoms with Gasteiger partial charge in [0.05, 0.1) is 12.6 Å². The van der Waals surface area contributed by atoms with Crippen molar-refractivity contribution in [3.63, 3.8) is 0 Å². The molecule has 0 bridgehead atoms. The molecule has 0 saturated carbocycles. The highest BCUT2D eigenvalue weighted by Crippen LogP contribution is 2.17. The molecule has 1 atom stereocenters. The van der Waals surface area contributed by atoms with Gasteiger partial charge in [0.15, 0.2) is 0 Å². The van der Waals surface area contributed by atoms with E-state index in [9.17, 15) is 4.79 Å². The maximum atomic E-state index is 11.9. The Kier molecular flexibility index (Phi) is 6.94. The average Bonchev–Trinajstić information content (AvgIpc) is 2.60. The molecule has 4 nitrogen and oxygen atoms in total. The molecule has 2 aromatic carbocycles. The molecule has 1 unspecified atom stereocenters. The molecule has 128 valence electrons. The summed E-state index contributed by atoms with van der Waals surface area (Å²) in [6.07, 6.45) is 1.16. The molecule has 1 amide bonds. The molecule has 0 aliphatic heterocycles. The lowest BCUT2D eigenvalue weighted by Gasteiger charge is -2.13. The molecule has 0 radical (unpaired) electrons.